The van der Waals surface area contributed by atoms with E-state index >= 15 is 0 Å². The molecule has 0 saturated carbocycles. The number of ether oxygens (including phenoxy) is 1. The fourth-order valence-corrected chi connectivity index (χ4v) is 5.40. The molecule has 0 bridgehead atoms. The van der Waals surface area contributed by atoms with Gasteiger partial charge in [0.05, 0.1) is 13.2 Å². The van der Waals surface area contributed by atoms with Gasteiger partial charge >= 0.3 is 5.69 Å². The molecule has 0 atom stereocenters. The molecule has 2 aromatic heterocycles. The van der Waals surface area contributed by atoms with E-state index in [9.17, 15) is 9.59 Å². The summed E-state index contributed by atoms with van der Waals surface area (Å²) in [6.07, 6.45) is 0.798. The number of morpholine rings is 1. The number of aromatic nitrogens is 3. The van der Waals surface area contributed by atoms with Crippen LogP contribution in [0.25, 0.3) is 21.6 Å². The van der Waals surface area contributed by atoms with E-state index in [0.29, 0.717) is 29.3 Å². The first-order valence-corrected chi connectivity index (χ1v) is 12.5. The van der Waals surface area contributed by atoms with Gasteiger partial charge in [-0.05, 0) is 24.5 Å². The van der Waals surface area contributed by atoms with E-state index in [1.54, 1.807) is 0 Å². The van der Waals surface area contributed by atoms with Gasteiger partial charge in [-0.15, -0.1) is 0 Å². The smallest absolute Gasteiger partial charge is 0.349 e. The summed E-state index contributed by atoms with van der Waals surface area (Å²) in [5.74, 6) is -0.270. The van der Waals surface area contributed by atoms with Crippen molar-refractivity contribution in [1.82, 2.24) is 14.5 Å². The molecular formula is C26H27N5O3S. The second kappa shape index (κ2) is 9.97. The summed E-state index contributed by atoms with van der Waals surface area (Å²) >= 11 is 1.41. The van der Waals surface area contributed by atoms with Gasteiger partial charge in [0.15, 0.2) is 5.13 Å². The van der Waals surface area contributed by atoms with Crippen molar-refractivity contribution in [1.29, 1.82) is 0 Å². The van der Waals surface area contributed by atoms with E-state index in [-0.39, 0.29) is 12.5 Å². The molecule has 1 aliphatic heterocycles. The van der Waals surface area contributed by atoms with Crippen molar-refractivity contribution in [2.75, 3.05) is 36.5 Å². The van der Waals surface area contributed by atoms with Crippen LogP contribution in [-0.4, -0.2) is 46.7 Å². The number of aryl methyl sites for hydroxylation is 2. The fourth-order valence-electron chi connectivity index (χ4n) is 4.29. The molecule has 9 heteroatoms. The zero-order valence-electron chi connectivity index (χ0n) is 19.8. The van der Waals surface area contributed by atoms with Crippen molar-refractivity contribution in [3.05, 3.63) is 70.1 Å². The third kappa shape index (κ3) is 4.69. The highest BCUT2D eigenvalue weighted by Crippen LogP contribution is 2.33. The minimum Gasteiger partial charge on any atom is -0.378 e. The highest BCUT2D eigenvalue weighted by atomic mass is 32.1. The molecule has 35 heavy (non-hydrogen) atoms. The van der Waals surface area contributed by atoms with Gasteiger partial charge < -0.3 is 15.0 Å². The Bertz CT molecular complexity index is 1420. The van der Waals surface area contributed by atoms with Crippen LogP contribution in [0.1, 0.15) is 18.1 Å². The Morgan fingerprint density at radius 2 is 1.86 bits per heavy atom. The molecule has 0 radical (unpaired) electrons. The fraction of sp³-hybridized carbons (Fsp3) is 0.308. The zero-order chi connectivity index (χ0) is 24.4. The van der Waals surface area contributed by atoms with Crippen LogP contribution in [0.5, 0.6) is 0 Å². The SMILES string of the molecule is CCc1cccc(C)c1NC(=O)Cn1c(=O)nc(-c2ccccc2)c2nc(N3CCOCC3)sc21. The largest absolute Gasteiger partial charge is 0.378 e. The lowest BCUT2D eigenvalue weighted by Gasteiger charge is -2.25. The van der Waals surface area contributed by atoms with Crippen molar-refractivity contribution in [2.45, 2.75) is 26.8 Å². The highest BCUT2D eigenvalue weighted by Gasteiger charge is 2.22. The predicted octanol–water partition coefficient (Wildman–Crippen LogP) is 3.87. The molecule has 3 heterocycles. The summed E-state index contributed by atoms with van der Waals surface area (Å²) in [5.41, 5.74) is 4.35. The number of amides is 1. The van der Waals surface area contributed by atoms with Crippen molar-refractivity contribution in [3.8, 4) is 11.3 Å². The van der Waals surface area contributed by atoms with E-state index in [1.165, 1.54) is 15.9 Å². The Labute approximate surface area is 207 Å². The van der Waals surface area contributed by atoms with Gasteiger partial charge in [0.1, 0.15) is 22.6 Å². The summed E-state index contributed by atoms with van der Waals surface area (Å²) in [5, 5.41) is 3.82. The Morgan fingerprint density at radius 3 is 2.60 bits per heavy atom. The number of nitrogens with one attached hydrogen (secondary N) is 1. The van der Waals surface area contributed by atoms with Gasteiger partial charge in [-0.1, -0.05) is 66.8 Å². The average Bonchev–Trinajstić information content (AvgIpc) is 3.33. The summed E-state index contributed by atoms with van der Waals surface area (Å²) in [6.45, 7) is 6.59. The summed E-state index contributed by atoms with van der Waals surface area (Å²) < 4.78 is 6.92. The Hall–Kier alpha value is -3.56. The number of nitrogens with zero attached hydrogens (tertiary/aromatic N) is 4. The Balaban J connectivity index is 1.56. The second-order valence-electron chi connectivity index (χ2n) is 8.46. The first-order chi connectivity index (χ1) is 17.0. The molecule has 1 aliphatic rings. The predicted molar refractivity (Wildman–Crippen MR) is 139 cm³/mol. The first-order valence-electron chi connectivity index (χ1n) is 11.7. The highest BCUT2D eigenvalue weighted by molar-refractivity contribution is 7.22. The monoisotopic (exact) mass is 489 g/mol. The molecule has 1 fully saturated rings. The molecular weight excluding hydrogens is 462 g/mol. The summed E-state index contributed by atoms with van der Waals surface area (Å²) in [7, 11) is 0. The number of thiazole rings is 1. The molecule has 1 saturated heterocycles. The lowest BCUT2D eigenvalue weighted by molar-refractivity contribution is -0.116. The van der Waals surface area contributed by atoms with Crippen molar-refractivity contribution in [3.63, 3.8) is 0 Å². The van der Waals surface area contributed by atoms with Gasteiger partial charge in [-0.2, -0.15) is 4.98 Å². The van der Waals surface area contributed by atoms with Gasteiger partial charge in [0, 0.05) is 24.3 Å². The molecule has 0 unspecified atom stereocenters. The molecule has 1 amide bonds. The minimum absolute atomic E-state index is 0.139. The number of para-hydroxylation sites is 1. The third-order valence-electron chi connectivity index (χ3n) is 6.14. The number of anilines is 2. The van der Waals surface area contributed by atoms with Crippen LogP contribution in [0.3, 0.4) is 0 Å². The lowest BCUT2D eigenvalue weighted by atomic mass is 10.1. The number of hydrogen-bond acceptors (Lipinski definition) is 7. The van der Waals surface area contributed by atoms with Crippen LogP contribution < -0.4 is 15.9 Å². The van der Waals surface area contributed by atoms with E-state index < -0.39 is 5.69 Å². The molecule has 8 nitrogen and oxygen atoms in total. The molecule has 0 aliphatic carbocycles. The zero-order valence-corrected chi connectivity index (χ0v) is 20.6. The molecule has 180 valence electrons. The standard InChI is InChI=1S/C26H27N5O3S/c1-3-18-11-7-8-17(2)21(18)27-20(32)16-31-24-23(29-26(35-24)30-12-14-34-15-13-30)22(28-25(31)33)19-9-5-4-6-10-19/h4-11H,3,12-16H2,1-2H3,(H,27,32). The van der Waals surface area contributed by atoms with E-state index in [1.807, 2.05) is 55.5 Å². The maximum atomic E-state index is 13.2. The summed E-state index contributed by atoms with van der Waals surface area (Å²) in [4.78, 5) is 38.4. The van der Waals surface area contributed by atoms with Crippen LogP contribution in [0.15, 0.2) is 53.3 Å². The number of carbonyl (C=O) groups is 1. The number of rotatable bonds is 6. The number of carbonyl (C=O) groups excluding carboxylic acids is 1. The van der Waals surface area contributed by atoms with Crippen molar-refractivity contribution >= 4 is 38.4 Å². The van der Waals surface area contributed by atoms with E-state index in [0.717, 1.165) is 47.0 Å². The maximum absolute atomic E-state index is 13.2. The Kier molecular flexibility index (Phi) is 6.61. The molecule has 1 N–H and O–H groups in total. The number of fused-ring (bicyclic) bond motifs is 1. The molecule has 2 aromatic carbocycles. The quantitative estimate of drug-likeness (QED) is 0.442. The third-order valence-corrected chi connectivity index (χ3v) is 7.28. The van der Waals surface area contributed by atoms with Crippen LogP contribution in [0.4, 0.5) is 10.8 Å². The van der Waals surface area contributed by atoms with Crippen LogP contribution in [0.2, 0.25) is 0 Å². The normalized spacial score (nSPS) is 13.8. The van der Waals surface area contributed by atoms with Crippen LogP contribution in [0, 0.1) is 6.92 Å². The lowest BCUT2D eigenvalue weighted by Crippen LogP contribution is -2.36. The van der Waals surface area contributed by atoms with Gasteiger partial charge in [0.2, 0.25) is 5.91 Å². The van der Waals surface area contributed by atoms with Gasteiger partial charge in [0.25, 0.3) is 0 Å². The first kappa shape index (κ1) is 23.2. The van der Waals surface area contributed by atoms with Crippen molar-refractivity contribution in [2.24, 2.45) is 0 Å². The van der Waals surface area contributed by atoms with Crippen LogP contribution >= 0.6 is 11.3 Å². The average molecular weight is 490 g/mol. The van der Waals surface area contributed by atoms with E-state index in [2.05, 4.69) is 22.1 Å². The number of hydrogen-bond donors (Lipinski definition) is 1. The molecule has 0 spiro atoms. The van der Waals surface area contributed by atoms with Crippen LogP contribution in [-0.2, 0) is 22.5 Å². The van der Waals surface area contributed by atoms with Gasteiger partial charge in [-0.3, -0.25) is 9.36 Å². The second-order valence-corrected chi connectivity index (χ2v) is 9.41. The topological polar surface area (TPSA) is 89.3 Å². The Morgan fingerprint density at radius 1 is 1.09 bits per heavy atom. The summed E-state index contributed by atoms with van der Waals surface area (Å²) in [6, 6.07) is 15.5. The molecule has 5 rings (SSSR count). The minimum atomic E-state index is -0.468. The maximum Gasteiger partial charge on any atom is 0.349 e. The van der Waals surface area contributed by atoms with Gasteiger partial charge in [-0.25, -0.2) is 9.78 Å². The molecule has 4 aromatic rings. The van der Waals surface area contributed by atoms with Crippen molar-refractivity contribution < 1.29 is 9.53 Å². The van der Waals surface area contributed by atoms with E-state index in [4.69, 9.17) is 9.72 Å². The number of benzene rings is 2.